The number of ether oxygens (including phenoxy) is 1. The van der Waals surface area contributed by atoms with Gasteiger partial charge in [-0.05, 0) is 81.9 Å². The van der Waals surface area contributed by atoms with Crippen LogP contribution in [0.4, 0.5) is 10.5 Å². The van der Waals surface area contributed by atoms with Crippen LogP contribution in [0.15, 0.2) is 12.1 Å². The Balaban J connectivity index is 1.56. The number of piperidine rings is 1. The molecule has 7 heteroatoms. The number of aliphatic hydroxyl groups excluding tert-OH is 1. The Morgan fingerprint density at radius 3 is 2.61 bits per heavy atom. The van der Waals surface area contributed by atoms with E-state index in [0.717, 1.165) is 87.8 Å². The number of carbonyl (C=O) groups excluding carboxylic acids is 2. The molecule has 7 nitrogen and oxygen atoms in total. The second-order valence-corrected chi connectivity index (χ2v) is 10.7. The summed E-state index contributed by atoms with van der Waals surface area (Å²) in [6, 6.07) is 4.14. The summed E-state index contributed by atoms with van der Waals surface area (Å²) in [4.78, 5) is 29.6. The number of benzene rings is 1. The van der Waals surface area contributed by atoms with Crippen LogP contribution in [-0.2, 0) is 11.2 Å². The minimum Gasteiger partial charge on any atom is -0.410 e. The van der Waals surface area contributed by atoms with Crippen LogP contribution in [0.25, 0.3) is 0 Å². The lowest BCUT2D eigenvalue weighted by atomic mass is 9.78. The third-order valence-electron chi connectivity index (χ3n) is 7.92. The van der Waals surface area contributed by atoms with Crippen LogP contribution in [0.5, 0.6) is 5.75 Å². The number of nitrogens with zero attached hydrogens (tertiary/aromatic N) is 2. The molecule has 3 N–H and O–H groups in total. The van der Waals surface area contributed by atoms with Gasteiger partial charge in [0.25, 0.3) is 0 Å². The molecule has 1 atom stereocenters. The predicted octanol–water partition coefficient (Wildman–Crippen LogP) is 3.77. The Hall–Kier alpha value is -2.28. The van der Waals surface area contributed by atoms with Gasteiger partial charge in [-0.3, -0.25) is 4.79 Å². The first-order valence-electron chi connectivity index (χ1n) is 12.5. The Kier molecular flexibility index (Phi) is 6.89. The van der Waals surface area contributed by atoms with Crippen LogP contribution in [0.1, 0.15) is 69.9 Å². The third-order valence-corrected chi connectivity index (χ3v) is 7.92. The van der Waals surface area contributed by atoms with Crippen LogP contribution in [0.2, 0.25) is 0 Å². The first kappa shape index (κ1) is 23.9. The molecule has 2 heterocycles. The zero-order chi connectivity index (χ0) is 23.8. The monoisotopic (exact) mass is 457 g/mol. The van der Waals surface area contributed by atoms with Gasteiger partial charge in [0.05, 0.1) is 11.5 Å². The summed E-state index contributed by atoms with van der Waals surface area (Å²) >= 11 is 0. The van der Waals surface area contributed by atoms with Crippen molar-refractivity contribution in [2.75, 3.05) is 24.5 Å². The van der Waals surface area contributed by atoms with Crippen molar-refractivity contribution < 1.29 is 19.4 Å². The molecule has 3 aliphatic rings. The molecule has 2 amide bonds. The molecule has 182 valence electrons. The van der Waals surface area contributed by atoms with E-state index in [4.69, 9.17) is 10.5 Å². The normalized spacial score (nSPS) is 28.1. The number of amides is 2. The average Bonchev–Trinajstić information content (AvgIpc) is 3.06. The average molecular weight is 458 g/mol. The molecule has 1 spiro atoms. The van der Waals surface area contributed by atoms with Gasteiger partial charge in [-0.1, -0.05) is 13.8 Å². The highest BCUT2D eigenvalue weighted by Gasteiger charge is 2.50. The molecule has 3 fully saturated rings. The number of hydrogen-bond acceptors (Lipinski definition) is 5. The van der Waals surface area contributed by atoms with Crippen LogP contribution >= 0.6 is 0 Å². The number of rotatable bonds is 5. The quantitative estimate of drug-likeness (QED) is 0.702. The lowest BCUT2D eigenvalue weighted by Crippen LogP contribution is -2.50. The Bertz CT molecular complexity index is 894. The van der Waals surface area contributed by atoms with Gasteiger partial charge in [0.2, 0.25) is 5.91 Å². The van der Waals surface area contributed by atoms with Gasteiger partial charge in [0.1, 0.15) is 5.75 Å². The van der Waals surface area contributed by atoms with E-state index in [-0.39, 0.29) is 17.6 Å². The molecule has 0 aromatic heterocycles. The number of hydrogen-bond donors (Lipinski definition) is 2. The van der Waals surface area contributed by atoms with E-state index in [2.05, 4.69) is 30.6 Å². The fourth-order valence-electron chi connectivity index (χ4n) is 6.21. The summed E-state index contributed by atoms with van der Waals surface area (Å²) in [5.41, 5.74) is 8.22. The van der Waals surface area contributed by atoms with Crippen LogP contribution in [0.3, 0.4) is 0 Å². The Labute approximate surface area is 197 Å². The highest BCUT2D eigenvalue weighted by atomic mass is 16.5. The van der Waals surface area contributed by atoms with Crippen molar-refractivity contribution in [2.24, 2.45) is 17.1 Å². The first-order valence-corrected chi connectivity index (χ1v) is 12.5. The molecule has 1 aliphatic carbocycles. The Morgan fingerprint density at radius 1 is 1.21 bits per heavy atom. The number of likely N-dealkylation sites (tertiary alicyclic amines) is 1. The molecule has 0 bridgehead atoms. The first-order chi connectivity index (χ1) is 15.7. The second-order valence-electron chi connectivity index (χ2n) is 10.7. The summed E-state index contributed by atoms with van der Waals surface area (Å²) in [7, 11) is 0. The number of nitrogens with two attached hydrogens (primary N) is 1. The van der Waals surface area contributed by atoms with E-state index in [1.807, 2.05) is 12.1 Å². The Morgan fingerprint density at radius 2 is 1.94 bits per heavy atom. The maximum absolute atomic E-state index is 13.7. The van der Waals surface area contributed by atoms with Gasteiger partial charge in [-0.15, -0.1) is 0 Å². The molecular formula is C26H39N3O4. The largest absolute Gasteiger partial charge is 0.410 e. The van der Waals surface area contributed by atoms with Gasteiger partial charge in [0, 0.05) is 36.9 Å². The SMILES string of the molecule is Cc1c(N2CCC[C@@]3(CCN(C4CCC(O)CC4)C3=O)C2)ccc(OC(N)=O)c1CC(C)C. The van der Waals surface area contributed by atoms with E-state index < -0.39 is 6.09 Å². The van der Waals surface area contributed by atoms with Gasteiger partial charge >= 0.3 is 6.09 Å². The summed E-state index contributed by atoms with van der Waals surface area (Å²) in [5, 5.41) is 9.86. The van der Waals surface area contributed by atoms with Crippen molar-refractivity contribution >= 4 is 17.7 Å². The van der Waals surface area contributed by atoms with Gasteiger partial charge in [0.15, 0.2) is 0 Å². The lowest BCUT2D eigenvalue weighted by Gasteiger charge is -2.42. The topological polar surface area (TPSA) is 96.1 Å². The van der Waals surface area contributed by atoms with Crippen molar-refractivity contribution in [3.05, 3.63) is 23.3 Å². The van der Waals surface area contributed by atoms with E-state index in [0.29, 0.717) is 17.6 Å². The standard InChI is InChI=1S/C26H39N3O4/c1-17(2)15-21-18(3)22(9-10-23(21)33-25(27)32)28-13-4-11-26(16-28)12-14-29(24(26)31)19-5-7-20(30)8-6-19/h9-10,17,19-20,30H,4-8,11-16H2,1-3H3,(H2,27,32)/t19?,20?,26-/m1/s1. The fourth-order valence-corrected chi connectivity index (χ4v) is 6.21. The van der Waals surface area contributed by atoms with E-state index in [1.165, 1.54) is 0 Å². The van der Waals surface area contributed by atoms with Gasteiger partial charge in [-0.25, -0.2) is 4.79 Å². The molecule has 1 saturated carbocycles. The van der Waals surface area contributed by atoms with E-state index >= 15 is 0 Å². The molecule has 2 saturated heterocycles. The summed E-state index contributed by atoms with van der Waals surface area (Å²) in [6.45, 7) is 8.85. The van der Waals surface area contributed by atoms with Crippen molar-refractivity contribution in [1.29, 1.82) is 0 Å². The number of anilines is 1. The zero-order valence-corrected chi connectivity index (χ0v) is 20.3. The smallest absolute Gasteiger partial charge is 0.409 e. The molecule has 2 aliphatic heterocycles. The molecule has 4 rings (SSSR count). The van der Waals surface area contributed by atoms with Crippen molar-refractivity contribution in [1.82, 2.24) is 4.90 Å². The van der Waals surface area contributed by atoms with Crippen LogP contribution in [-0.4, -0.2) is 53.8 Å². The fraction of sp³-hybridized carbons (Fsp3) is 0.692. The van der Waals surface area contributed by atoms with Crippen molar-refractivity contribution in [2.45, 2.75) is 84.3 Å². The number of aliphatic hydroxyl groups is 1. The minimum atomic E-state index is -0.795. The van der Waals surface area contributed by atoms with Crippen molar-refractivity contribution in [3.63, 3.8) is 0 Å². The van der Waals surface area contributed by atoms with Crippen LogP contribution in [0, 0.1) is 18.3 Å². The predicted molar refractivity (Wildman–Crippen MR) is 128 cm³/mol. The minimum absolute atomic E-state index is 0.206. The highest BCUT2D eigenvalue weighted by Crippen LogP contribution is 2.44. The maximum atomic E-state index is 13.7. The second kappa shape index (κ2) is 9.53. The molecular weight excluding hydrogens is 418 g/mol. The summed E-state index contributed by atoms with van der Waals surface area (Å²) in [5.74, 6) is 1.25. The van der Waals surface area contributed by atoms with E-state index in [9.17, 15) is 14.7 Å². The lowest BCUT2D eigenvalue weighted by molar-refractivity contribution is -0.139. The maximum Gasteiger partial charge on any atom is 0.409 e. The third kappa shape index (κ3) is 4.84. The molecule has 33 heavy (non-hydrogen) atoms. The summed E-state index contributed by atoms with van der Waals surface area (Å²) in [6.07, 6.45) is 6.03. The van der Waals surface area contributed by atoms with Crippen LogP contribution < -0.4 is 15.4 Å². The van der Waals surface area contributed by atoms with Gasteiger partial charge < -0.3 is 25.4 Å². The number of primary amides is 1. The molecule has 1 aromatic rings. The highest BCUT2D eigenvalue weighted by molar-refractivity contribution is 5.86. The molecule has 1 aromatic carbocycles. The van der Waals surface area contributed by atoms with Gasteiger partial charge in [-0.2, -0.15) is 0 Å². The van der Waals surface area contributed by atoms with Crippen molar-refractivity contribution in [3.8, 4) is 5.75 Å². The number of carbonyl (C=O) groups is 2. The molecule has 0 unspecified atom stereocenters. The van der Waals surface area contributed by atoms with E-state index in [1.54, 1.807) is 0 Å². The zero-order valence-electron chi connectivity index (χ0n) is 20.3. The molecule has 0 radical (unpaired) electrons. The summed E-state index contributed by atoms with van der Waals surface area (Å²) < 4.78 is 5.31.